The Morgan fingerprint density at radius 3 is 2.69 bits per heavy atom. The normalized spacial score (nSPS) is 13.6. The van der Waals surface area contributed by atoms with Gasteiger partial charge in [-0.25, -0.2) is 0 Å². The lowest BCUT2D eigenvalue weighted by Crippen LogP contribution is -2.31. The van der Waals surface area contributed by atoms with Gasteiger partial charge in [-0.05, 0) is 17.0 Å². The van der Waals surface area contributed by atoms with E-state index in [4.69, 9.17) is 15.6 Å². The van der Waals surface area contributed by atoms with E-state index < -0.39 is 0 Å². The number of rotatable bonds is 4. The first-order chi connectivity index (χ1) is 7.43. The van der Waals surface area contributed by atoms with Gasteiger partial charge in [-0.15, -0.1) is 0 Å². The van der Waals surface area contributed by atoms with Crippen molar-refractivity contribution >= 4 is 0 Å². The Labute approximate surface area is 96.5 Å². The van der Waals surface area contributed by atoms with E-state index in [2.05, 4.69) is 25.8 Å². The van der Waals surface area contributed by atoms with Crippen molar-refractivity contribution in [1.82, 2.24) is 4.98 Å². The Bertz CT molecular complexity index is 334. The van der Waals surface area contributed by atoms with Crippen molar-refractivity contribution in [3.05, 3.63) is 24.0 Å². The standard InChI is InChI=1S/C12H20N2O2/c1-12(2,3)9-4-11(6-14-5-9)16-8-10(13)7-15/h4-6,10,15H,7-8,13H2,1-3H3/t10-/m0/s1. The molecule has 1 aromatic heterocycles. The van der Waals surface area contributed by atoms with Gasteiger partial charge in [0.1, 0.15) is 12.4 Å². The molecular formula is C12H20N2O2. The molecule has 0 saturated carbocycles. The van der Waals surface area contributed by atoms with Crippen LogP contribution in [0.3, 0.4) is 0 Å². The molecule has 1 atom stereocenters. The molecule has 0 amide bonds. The van der Waals surface area contributed by atoms with Crippen LogP contribution in [0.15, 0.2) is 18.5 Å². The molecule has 1 rings (SSSR count). The van der Waals surface area contributed by atoms with Crippen LogP contribution in [0.4, 0.5) is 0 Å². The third kappa shape index (κ3) is 3.79. The lowest BCUT2D eigenvalue weighted by atomic mass is 9.88. The third-order valence-corrected chi connectivity index (χ3v) is 2.28. The van der Waals surface area contributed by atoms with Gasteiger partial charge in [0.25, 0.3) is 0 Å². The molecule has 3 N–H and O–H groups in total. The average molecular weight is 224 g/mol. The van der Waals surface area contributed by atoms with Crippen molar-refractivity contribution in [2.45, 2.75) is 32.2 Å². The molecule has 4 heteroatoms. The van der Waals surface area contributed by atoms with Crippen LogP contribution >= 0.6 is 0 Å². The highest BCUT2D eigenvalue weighted by atomic mass is 16.5. The molecule has 16 heavy (non-hydrogen) atoms. The fourth-order valence-corrected chi connectivity index (χ4v) is 1.16. The van der Waals surface area contributed by atoms with Gasteiger partial charge in [-0.1, -0.05) is 20.8 Å². The van der Waals surface area contributed by atoms with E-state index in [1.807, 2.05) is 12.3 Å². The average Bonchev–Trinajstić information content (AvgIpc) is 2.25. The maximum Gasteiger partial charge on any atom is 0.137 e. The Hall–Kier alpha value is -1.13. The molecule has 1 aromatic rings. The highest BCUT2D eigenvalue weighted by molar-refractivity contribution is 5.28. The Morgan fingerprint density at radius 2 is 2.12 bits per heavy atom. The zero-order valence-corrected chi connectivity index (χ0v) is 10.1. The van der Waals surface area contributed by atoms with Gasteiger partial charge in [-0.3, -0.25) is 4.98 Å². The minimum absolute atomic E-state index is 0.0471. The van der Waals surface area contributed by atoms with Crippen molar-refractivity contribution in [3.63, 3.8) is 0 Å². The van der Waals surface area contributed by atoms with Crippen LogP contribution in [0.5, 0.6) is 5.75 Å². The van der Waals surface area contributed by atoms with Crippen molar-refractivity contribution in [2.24, 2.45) is 5.73 Å². The summed E-state index contributed by atoms with van der Waals surface area (Å²) in [5.41, 5.74) is 6.71. The minimum atomic E-state index is -0.349. The van der Waals surface area contributed by atoms with Crippen LogP contribution in [0.25, 0.3) is 0 Å². The lowest BCUT2D eigenvalue weighted by molar-refractivity contribution is 0.206. The van der Waals surface area contributed by atoms with Gasteiger partial charge in [-0.2, -0.15) is 0 Å². The highest BCUT2D eigenvalue weighted by Crippen LogP contribution is 2.24. The van der Waals surface area contributed by atoms with Crippen molar-refractivity contribution < 1.29 is 9.84 Å². The number of hydrogen-bond donors (Lipinski definition) is 2. The van der Waals surface area contributed by atoms with Crippen LogP contribution in [-0.2, 0) is 5.41 Å². The number of aliphatic hydroxyl groups excluding tert-OH is 1. The summed E-state index contributed by atoms with van der Waals surface area (Å²) in [6, 6.07) is 1.61. The number of nitrogens with two attached hydrogens (primary N) is 1. The van der Waals surface area contributed by atoms with Gasteiger partial charge in [0, 0.05) is 6.20 Å². The number of hydrogen-bond acceptors (Lipinski definition) is 4. The molecule has 0 spiro atoms. The number of nitrogens with zero attached hydrogens (tertiary/aromatic N) is 1. The van der Waals surface area contributed by atoms with E-state index in [0.29, 0.717) is 12.4 Å². The monoisotopic (exact) mass is 224 g/mol. The van der Waals surface area contributed by atoms with Gasteiger partial charge in [0.05, 0.1) is 18.8 Å². The molecule has 0 aromatic carbocycles. The van der Waals surface area contributed by atoms with Crippen LogP contribution in [-0.4, -0.2) is 29.3 Å². The fourth-order valence-electron chi connectivity index (χ4n) is 1.16. The van der Waals surface area contributed by atoms with Gasteiger partial charge >= 0.3 is 0 Å². The SMILES string of the molecule is CC(C)(C)c1cncc(OC[C@@H](N)CO)c1. The molecule has 0 aliphatic rings. The lowest BCUT2D eigenvalue weighted by Gasteiger charge is -2.19. The van der Waals surface area contributed by atoms with E-state index in [1.165, 1.54) is 0 Å². The number of aliphatic hydroxyl groups is 1. The predicted molar refractivity (Wildman–Crippen MR) is 63.5 cm³/mol. The molecule has 0 radical (unpaired) electrons. The summed E-state index contributed by atoms with van der Waals surface area (Å²) < 4.78 is 5.45. The second-order valence-corrected chi connectivity index (χ2v) is 4.91. The fraction of sp³-hybridized carbons (Fsp3) is 0.583. The quantitative estimate of drug-likeness (QED) is 0.803. The Balaban J connectivity index is 2.68. The largest absolute Gasteiger partial charge is 0.490 e. The molecule has 90 valence electrons. The number of aromatic nitrogens is 1. The van der Waals surface area contributed by atoms with E-state index in [9.17, 15) is 0 Å². The molecule has 0 aliphatic heterocycles. The summed E-state index contributed by atoms with van der Waals surface area (Å²) in [5, 5.41) is 8.78. The van der Waals surface area contributed by atoms with E-state index in [0.717, 1.165) is 5.56 Å². The summed E-state index contributed by atoms with van der Waals surface area (Å²) in [4.78, 5) is 4.13. The summed E-state index contributed by atoms with van der Waals surface area (Å²) in [6.45, 7) is 6.58. The second kappa shape index (κ2) is 5.27. The minimum Gasteiger partial charge on any atom is -0.490 e. The first-order valence-corrected chi connectivity index (χ1v) is 5.38. The molecule has 0 aliphatic carbocycles. The van der Waals surface area contributed by atoms with Crippen molar-refractivity contribution in [1.29, 1.82) is 0 Å². The Morgan fingerprint density at radius 1 is 1.44 bits per heavy atom. The topological polar surface area (TPSA) is 68.4 Å². The van der Waals surface area contributed by atoms with E-state index in [-0.39, 0.29) is 18.1 Å². The molecule has 0 unspecified atom stereocenters. The van der Waals surface area contributed by atoms with Gasteiger partial charge in [0.2, 0.25) is 0 Å². The third-order valence-electron chi connectivity index (χ3n) is 2.28. The van der Waals surface area contributed by atoms with Crippen LogP contribution in [0.1, 0.15) is 26.3 Å². The first kappa shape index (κ1) is 12.9. The first-order valence-electron chi connectivity index (χ1n) is 5.38. The van der Waals surface area contributed by atoms with Crippen molar-refractivity contribution in [2.75, 3.05) is 13.2 Å². The maximum atomic E-state index is 8.78. The molecular weight excluding hydrogens is 204 g/mol. The summed E-state index contributed by atoms with van der Waals surface area (Å²) >= 11 is 0. The zero-order valence-electron chi connectivity index (χ0n) is 10.1. The number of ether oxygens (including phenoxy) is 1. The van der Waals surface area contributed by atoms with Crippen molar-refractivity contribution in [3.8, 4) is 5.75 Å². The predicted octanol–water partition coefficient (Wildman–Crippen LogP) is 1.08. The summed E-state index contributed by atoms with van der Waals surface area (Å²) in [6.07, 6.45) is 3.48. The maximum absolute atomic E-state index is 8.78. The zero-order chi connectivity index (χ0) is 12.2. The van der Waals surface area contributed by atoms with Gasteiger partial charge in [0.15, 0.2) is 0 Å². The van der Waals surface area contributed by atoms with Crippen LogP contribution < -0.4 is 10.5 Å². The smallest absolute Gasteiger partial charge is 0.137 e. The second-order valence-electron chi connectivity index (χ2n) is 4.91. The van der Waals surface area contributed by atoms with E-state index in [1.54, 1.807) is 6.20 Å². The summed E-state index contributed by atoms with van der Waals surface area (Å²) in [7, 11) is 0. The highest BCUT2D eigenvalue weighted by Gasteiger charge is 2.14. The van der Waals surface area contributed by atoms with Gasteiger partial charge < -0.3 is 15.6 Å². The van der Waals surface area contributed by atoms with E-state index >= 15 is 0 Å². The molecule has 0 fully saturated rings. The molecule has 1 heterocycles. The van der Waals surface area contributed by atoms with Crippen LogP contribution in [0, 0.1) is 0 Å². The van der Waals surface area contributed by atoms with Crippen LogP contribution in [0.2, 0.25) is 0 Å². The number of pyridine rings is 1. The Kier molecular flexibility index (Phi) is 4.26. The molecule has 0 saturated heterocycles. The molecule has 4 nitrogen and oxygen atoms in total. The summed E-state index contributed by atoms with van der Waals surface area (Å²) in [5.74, 6) is 0.691. The molecule has 0 bridgehead atoms.